The van der Waals surface area contributed by atoms with E-state index in [1.165, 1.54) is 6.08 Å². The third-order valence-electron chi connectivity index (χ3n) is 3.01. The van der Waals surface area contributed by atoms with Gasteiger partial charge >= 0.3 is 0 Å². The maximum absolute atomic E-state index is 11.8. The predicted octanol–water partition coefficient (Wildman–Crippen LogP) is 1.64. The van der Waals surface area contributed by atoms with E-state index >= 15 is 0 Å². The zero-order chi connectivity index (χ0) is 18.7. The second kappa shape index (κ2) is 11.3. The van der Waals surface area contributed by atoms with Crippen LogP contribution in [0.4, 0.5) is 0 Å². The van der Waals surface area contributed by atoms with E-state index in [9.17, 15) is 4.79 Å². The van der Waals surface area contributed by atoms with Crippen molar-refractivity contribution in [3.63, 3.8) is 0 Å². The average molecular weight is 367 g/mol. The highest BCUT2D eigenvalue weighted by atomic mass is 32.1. The summed E-state index contributed by atoms with van der Waals surface area (Å²) < 4.78 is 15.7. The minimum Gasteiger partial charge on any atom is -0.493 e. The fraction of sp³-hybridized carbons (Fsp3) is 0.412. The maximum Gasteiger partial charge on any atom is 0.262 e. The molecule has 0 fully saturated rings. The number of benzene rings is 1. The molecule has 1 atom stereocenters. The lowest BCUT2D eigenvalue weighted by Gasteiger charge is -2.15. The molecule has 0 aromatic heterocycles. The summed E-state index contributed by atoms with van der Waals surface area (Å²) in [5.74, 6) is 0.937. The molecule has 0 bridgehead atoms. The van der Waals surface area contributed by atoms with Gasteiger partial charge in [0.05, 0.1) is 20.3 Å². The van der Waals surface area contributed by atoms with Crippen molar-refractivity contribution in [2.45, 2.75) is 19.9 Å². The summed E-state index contributed by atoms with van der Waals surface area (Å²) >= 11 is 5.07. The molecule has 0 heterocycles. The molecule has 0 aliphatic heterocycles. The molecule has 25 heavy (non-hydrogen) atoms. The van der Waals surface area contributed by atoms with Gasteiger partial charge in [-0.05, 0) is 49.8 Å². The Labute approximate surface area is 153 Å². The molecule has 0 radical (unpaired) electrons. The lowest BCUT2D eigenvalue weighted by atomic mass is 10.2. The molecular weight excluding hydrogens is 342 g/mol. The number of amides is 1. The van der Waals surface area contributed by atoms with Gasteiger partial charge < -0.3 is 19.5 Å². The molecule has 0 aliphatic rings. The van der Waals surface area contributed by atoms with Crippen molar-refractivity contribution >= 4 is 29.3 Å². The predicted molar refractivity (Wildman–Crippen MR) is 102 cm³/mol. The van der Waals surface area contributed by atoms with E-state index in [4.69, 9.17) is 26.4 Å². The quantitative estimate of drug-likeness (QED) is 0.366. The van der Waals surface area contributed by atoms with Crippen LogP contribution in [0, 0.1) is 0 Å². The SMILES string of the molecule is CCOc1cc(/C=C/C(=O)NNC(=S)N[C@@H](C)COC)ccc1OC. The van der Waals surface area contributed by atoms with Crippen molar-refractivity contribution in [1.29, 1.82) is 0 Å². The first-order valence-electron chi connectivity index (χ1n) is 7.84. The van der Waals surface area contributed by atoms with E-state index in [-0.39, 0.29) is 11.9 Å². The van der Waals surface area contributed by atoms with Crippen LogP contribution in [0.2, 0.25) is 0 Å². The fourth-order valence-electron chi connectivity index (χ4n) is 1.95. The number of hydrazine groups is 1. The summed E-state index contributed by atoms with van der Waals surface area (Å²) in [5, 5.41) is 3.28. The van der Waals surface area contributed by atoms with Crippen LogP contribution < -0.4 is 25.6 Å². The number of thiocarbonyl (C=S) groups is 1. The van der Waals surface area contributed by atoms with Gasteiger partial charge in [0.15, 0.2) is 16.6 Å². The largest absolute Gasteiger partial charge is 0.493 e. The molecule has 138 valence electrons. The Bertz CT molecular complexity index is 608. The van der Waals surface area contributed by atoms with Gasteiger partial charge in [0.1, 0.15) is 0 Å². The summed E-state index contributed by atoms with van der Waals surface area (Å²) in [6.45, 7) is 4.85. The zero-order valence-electron chi connectivity index (χ0n) is 14.9. The van der Waals surface area contributed by atoms with Crippen molar-refractivity contribution in [1.82, 2.24) is 16.2 Å². The molecular formula is C17H25N3O4S. The van der Waals surface area contributed by atoms with Crippen LogP contribution in [0.3, 0.4) is 0 Å². The number of hydrogen-bond acceptors (Lipinski definition) is 5. The van der Waals surface area contributed by atoms with Gasteiger partial charge in [-0.2, -0.15) is 0 Å². The van der Waals surface area contributed by atoms with E-state index in [1.807, 2.05) is 19.9 Å². The molecule has 1 aromatic carbocycles. The Morgan fingerprint density at radius 3 is 2.68 bits per heavy atom. The molecule has 1 rings (SSSR count). The molecule has 0 saturated carbocycles. The third-order valence-corrected chi connectivity index (χ3v) is 3.23. The highest BCUT2D eigenvalue weighted by Gasteiger charge is 2.05. The van der Waals surface area contributed by atoms with Crippen LogP contribution in [-0.4, -0.2) is 44.5 Å². The molecule has 1 aromatic rings. The molecule has 0 saturated heterocycles. The van der Waals surface area contributed by atoms with Crippen molar-refractivity contribution < 1.29 is 19.0 Å². The normalized spacial score (nSPS) is 11.7. The first-order chi connectivity index (χ1) is 12.0. The van der Waals surface area contributed by atoms with E-state index < -0.39 is 0 Å². The topological polar surface area (TPSA) is 80.9 Å². The van der Waals surface area contributed by atoms with Crippen molar-refractivity contribution in [3.05, 3.63) is 29.8 Å². The minimum atomic E-state index is -0.336. The van der Waals surface area contributed by atoms with Gasteiger partial charge in [0.25, 0.3) is 5.91 Å². The van der Waals surface area contributed by atoms with Gasteiger partial charge in [-0.1, -0.05) is 6.07 Å². The van der Waals surface area contributed by atoms with Gasteiger partial charge in [-0.15, -0.1) is 0 Å². The number of ether oxygens (including phenoxy) is 3. The molecule has 8 heteroatoms. The molecule has 0 aliphatic carbocycles. The second-order valence-corrected chi connectivity index (χ2v) is 5.53. The Morgan fingerprint density at radius 1 is 1.28 bits per heavy atom. The number of methoxy groups -OCH3 is 2. The fourth-order valence-corrected chi connectivity index (χ4v) is 2.20. The standard InChI is InChI=1S/C17H25N3O4S/c1-5-24-15-10-13(6-8-14(15)23-4)7-9-16(21)19-20-17(25)18-12(2)11-22-3/h6-10,12H,5,11H2,1-4H3,(H,19,21)(H2,18,20,25)/b9-7+/t12-/m0/s1. The Hall–Kier alpha value is -2.32. The molecule has 3 N–H and O–H groups in total. The first-order valence-corrected chi connectivity index (χ1v) is 8.25. The van der Waals surface area contributed by atoms with Gasteiger partial charge in [0.2, 0.25) is 0 Å². The summed E-state index contributed by atoms with van der Waals surface area (Å²) in [4.78, 5) is 11.8. The van der Waals surface area contributed by atoms with E-state index in [2.05, 4.69) is 16.2 Å². The summed E-state index contributed by atoms with van der Waals surface area (Å²) in [7, 11) is 3.19. The van der Waals surface area contributed by atoms with Gasteiger partial charge in [0, 0.05) is 19.2 Å². The number of rotatable bonds is 8. The number of nitrogens with one attached hydrogen (secondary N) is 3. The van der Waals surface area contributed by atoms with E-state index in [0.29, 0.717) is 29.8 Å². The smallest absolute Gasteiger partial charge is 0.262 e. The van der Waals surface area contributed by atoms with Crippen molar-refractivity contribution in [3.8, 4) is 11.5 Å². The molecule has 0 spiro atoms. The number of carbonyl (C=O) groups is 1. The summed E-state index contributed by atoms with van der Waals surface area (Å²) in [6.07, 6.45) is 3.06. The summed E-state index contributed by atoms with van der Waals surface area (Å²) in [5.41, 5.74) is 5.93. The maximum atomic E-state index is 11.8. The molecule has 7 nitrogen and oxygen atoms in total. The Balaban J connectivity index is 2.53. The second-order valence-electron chi connectivity index (χ2n) is 5.12. The zero-order valence-corrected chi connectivity index (χ0v) is 15.7. The van der Waals surface area contributed by atoms with E-state index in [0.717, 1.165) is 5.56 Å². The van der Waals surface area contributed by atoms with Crippen LogP contribution in [0.5, 0.6) is 11.5 Å². The van der Waals surface area contributed by atoms with Crippen LogP contribution in [0.15, 0.2) is 24.3 Å². The number of hydrogen-bond donors (Lipinski definition) is 3. The van der Waals surface area contributed by atoms with Crippen molar-refractivity contribution in [2.24, 2.45) is 0 Å². The van der Waals surface area contributed by atoms with Gasteiger partial charge in [-0.3, -0.25) is 15.6 Å². The van der Waals surface area contributed by atoms with Crippen LogP contribution >= 0.6 is 12.2 Å². The first kappa shape index (κ1) is 20.7. The highest BCUT2D eigenvalue weighted by Crippen LogP contribution is 2.28. The number of carbonyl (C=O) groups excluding carboxylic acids is 1. The van der Waals surface area contributed by atoms with Crippen LogP contribution in [0.25, 0.3) is 6.08 Å². The van der Waals surface area contributed by atoms with E-state index in [1.54, 1.807) is 32.4 Å². The summed E-state index contributed by atoms with van der Waals surface area (Å²) in [6, 6.07) is 5.46. The lowest BCUT2D eigenvalue weighted by molar-refractivity contribution is -0.116. The monoisotopic (exact) mass is 367 g/mol. The minimum absolute atomic E-state index is 0.0359. The van der Waals surface area contributed by atoms with Crippen LogP contribution in [0.1, 0.15) is 19.4 Å². The van der Waals surface area contributed by atoms with Crippen LogP contribution in [-0.2, 0) is 9.53 Å². The Kier molecular flexibility index (Phi) is 9.34. The lowest BCUT2D eigenvalue weighted by Crippen LogP contribution is -2.49. The highest BCUT2D eigenvalue weighted by molar-refractivity contribution is 7.80. The molecule has 0 unspecified atom stereocenters. The molecule has 1 amide bonds. The Morgan fingerprint density at radius 2 is 2.04 bits per heavy atom. The average Bonchev–Trinajstić information content (AvgIpc) is 2.58. The van der Waals surface area contributed by atoms with Gasteiger partial charge in [-0.25, -0.2) is 0 Å². The van der Waals surface area contributed by atoms with Crippen molar-refractivity contribution in [2.75, 3.05) is 27.4 Å². The third kappa shape index (κ3) is 7.86.